The lowest BCUT2D eigenvalue weighted by molar-refractivity contribution is 0.572. The van der Waals surface area contributed by atoms with Crippen LogP contribution in [0.5, 0.6) is 0 Å². The second-order valence-electron chi connectivity index (χ2n) is 13.7. The van der Waals surface area contributed by atoms with Gasteiger partial charge in [-0.05, 0) is 71.8 Å². The number of benzene rings is 4. The Morgan fingerprint density at radius 2 is 0.812 bits per heavy atom. The van der Waals surface area contributed by atoms with E-state index in [-0.39, 0.29) is 0 Å². The number of nitrogens with zero attached hydrogens (tertiary/aromatic N) is 2. The second kappa shape index (κ2) is 17.5. The molecule has 0 fully saturated rings. The van der Waals surface area contributed by atoms with E-state index >= 15 is 0 Å². The molecule has 2 aromatic heterocycles. The van der Waals surface area contributed by atoms with E-state index < -0.39 is 0 Å². The maximum atomic E-state index is 6.55. The third-order valence-electron chi connectivity index (χ3n) is 9.98. The lowest BCUT2D eigenvalue weighted by Crippen LogP contribution is -1.87. The molecule has 4 heteroatoms. The SMILES string of the molecule is CCCCCCCCCCc1cccc2nc(-c3ccc(-c4nc5cccc(CCCCCCCCCC)c5o4)c4ccccc34)oc12. The van der Waals surface area contributed by atoms with Crippen molar-refractivity contribution < 1.29 is 8.83 Å². The van der Waals surface area contributed by atoms with E-state index in [0.717, 1.165) is 56.9 Å². The zero-order valence-electron chi connectivity index (χ0n) is 29.4. The van der Waals surface area contributed by atoms with Crippen molar-refractivity contribution >= 4 is 33.0 Å². The summed E-state index contributed by atoms with van der Waals surface area (Å²) in [5, 5.41) is 2.18. The molecule has 0 aliphatic heterocycles. The third-order valence-corrected chi connectivity index (χ3v) is 9.98. The smallest absolute Gasteiger partial charge is 0.227 e. The Kier molecular flexibility index (Phi) is 12.4. The number of aromatic nitrogens is 2. The first-order valence-electron chi connectivity index (χ1n) is 19.1. The number of para-hydroxylation sites is 2. The molecule has 0 amide bonds. The quantitative estimate of drug-likeness (QED) is 0.0778. The Bertz CT molecular complexity index is 1740. The lowest BCUT2D eigenvalue weighted by Gasteiger charge is -2.07. The highest BCUT2D eigenvalue weighted by molar-refractivity contribution is 6.03. The Morgan fingerprint density at radius 3 is 1.23 bits per heavy atom. The highest BCUT2D eigenvalue weighted by Crippen LogP contribution is 2.38. The molecule has 0 unspecified atom stereocenters. The summed E-state index contributed by atoms with van der Waals surface area (Å²) in [5.74, 6) is 1.34. The first-order chi connectivity index (χ1) is 23.8. The molecule has 6 aromatic rings. The molecule has 2 heterocycles. The van der Waals surface area contributed by atoms with Crippen LogP contribution in [0.25, 0.3) is 55.9 Å². The van der Waals surface area contributed by atoms with Gasteiger partial charge in [-0.3, -0.25) is 0 Å². The summed E-state index contributed by atoms with van der Waals surface area (Å²) in [6.07, 6.45) is 23.1. The topological polar surface area (TPSA) is 52.1 Å². The number of aryl methyl sites for hydroxylation is 2. The molecule has 48 heavy (non-hydrogen) atoms. The van der Waals surface area contributed by atoms with Crippen molar-refractivity contribution in [3.8, 4) is 22.9 Å². The Hall–Kier alpha value is -3.92. The van der Waals surface area contributed by atoms with E-state index in [0.29, 0.717) is 11.8 Å². The van der Waals surface area contributed by atoms with Crippen LogP contribution in [0.1, 0.15) is 128 Å². The molecule has 0 N–H and O–H groups in total. The van der Waals surface area contributed by atoms with Crippen LogP contribution in [0.15, 0.2) is 81.6 Å². The average Bonchev–Trinajstić information content (AvgIpc) is 3.76. The van der Waals surface area contributed by atoms with E-state index in [2.05, 4.69) is 86.6 Å². The Balaban J connectivity index is 1.18. The predicted octanol–water partition coefficient (Wildman–Crippen LogP) is 13.8. The van der Waals surface area contributed by atoms with Crippen LogP contribution >= 0.6 is 0 Å². The van der Waals surface area contributed by atoms with Crippen LogP contribution in [0, 0.1) is 0 Å². The molecule has 6 rings (SSSR count). The van der Waals surface area contributed by atoms with Gasteiger partial charge in [-0.2, -0.15) is 0 Å². The van der Waals surface area contributed by atoms with Crippen molar-refractivity contribution in [1.29, 1.82) is 0 Å². The molecule has 4 aromatic carbocycles. The molecule has 0 saturated heterocycles. The fourth-order valence-corrected chi connectivity index (χ4v) is 7.21. The molecule has 0 atom stereocenters. The fourth-order valence-electron chi connectivity index (χ4n) is 7.21. The second-order valence-corrected chi connectivity index (χ2v) is 13.7. The van der Waals surface area contributed by atoms with Gasteiger partial charge in [-0.1, -0.05) is 152 Å². The van der Waals surface area contributed by atoms with Gasteiger partial charge in [0.05, 0.1) is 0 Å². The van der Waals surface area contributed by atoms with Crippen molar-refractivity contribution in [3.05, 3.63) is 83.9 Å². The van der Waals surface area contributed by atoms with Crippen LogP contribution in [0.2, 0.25) is 0 Å². The zero-order valence-corrected chi connectivity index (χ0v) is 29.4. The van der Waals surface area contributed by atoms with E-state index in [1.807, 2.05) is 0 Å². The highest BCUT2D eigenvalue weighted by atomic mass is 16.4. The molecule has 0 aliphatic rings. The van der Waals surface area contributed by atoms with Crippen molar-refractivity contribution in [2.24, 2.45) is 0 Å². The summed E-state index contributed by atoms with van der Waals surface area (Å²) in [6, 6.07) is 25.5. The summed E-state index contributed by atoms with van der Waals surface area (Å²) in [4.78, 5) is 9.97. The molecular weight excluding hydrogens is 588 g/mol. The van der Waals surface area contributed by atoms with Crippen molar-refractivity contribution in [1.82, 2.24) is 9.97 Å². The van der Waals surface area contributed by atoms with Gasteiger partial charge < -0.3 is 8.83 Å². The van der Waals surface area contributed by atoms with Gasteiger partial charge in [-0.25, -0.2) is 9.97 Å². The lowest BCUT2D eigenvalue weighted by atomic mass is 9.99. The monoisotopic (exact) mass is 642 g/mol. The van der Waals surface area contributed by atoms with E-state index in [1.54, 1.807) is 0 Å². The molecule has 0 saturated carbocycles. The van der Waals surface area contributed by atoms with E-state index in [9.17, 15) is 0 Å². The fraction of sp³-hybridized carbons (Fsp3) is 0.455. The number of hydrogen-bond acceptors (Lipinski definition) is 4. The highest BCUT2D eigenvalue weighted by Gasteiger charge is 2.19. The first kappa shape index (κ1) is 34.0. The van der Waals surface area contributed by atoms with Crippen LogP contribution in [-0.4, -0.2) is 9.97 Å². The first-order valence-corrected chi connectivity index (χ1v) is 19.1. The van der Waals surface area contributed by atoms with E-state index in [1.165, 1.54) is 114 Å². The van der Waals surface area contributed by atoms with Gasteiger partial charge >= 0.3 is 0 Å². The van der Waals surface area contributed by atoms with Gasteiger partial charge in [0.15, 0.2) is 11.2 Å². The van der Waals surface area contributed by atoms with Crippen LogP contribution in [0.3, 0.4) is 0 Å². The molecule has 4 nitrogen and oxygen atoms in total. The average molecular weight is 643 g/mol. The molecule has 0 aliphatic carbocycles. The largest absolute Gasteiger partial charge is 0.436 e. The Labute approximate surface area is 287 Å². The van der Waals surface area contributed by atoms with Gasteiger partial charge in [0.1, 0.15) is 11.0 Å². The minimum absolute atomic E-state index is 0.668. The Morgan fingerprint density at radius 1 is 0.417 bits per heavy atom. The van der Waals surface area contributed by atoms with Gasteiger partial charge in [0, 0.05) is 11.1 Å². The normalized spacial score (nSPS) is 11.8. The maximum Gasteiger partial charge on any atom is 0.227 e. The third kappa shape index (κ3) is 8.38. The summed E-state index contributed by atoms with van der Waals surface area (Å²) in [5.41, 5.74) is 8.21. The zero-order chi connectivity index (χ0) is 33.0. The van der Waals surface area contributed by atoms with Gasteiger partial charge in [0.25, 0.3) is 0 Å². The summed E-state index contributed by atoms with van der Waals surface area (Å²) in [7, 11) is 0. The molecule has 0 radical (unpaired) electrons. The summed E-state index contributed by atoms with van der Waals surface area (Å²) < 4.78 is 13.1. The van der Waals surface area contributed by atoms with Crippen molar-refractivity contribution in [2.45, 2.75) is 129 Å². The molecule has 0 spiro atoms. The van der Waals surface area contributed by atoms with Crippen LogP contribution in [0.4, 0.5) is 0 Å². The number of fused-ring (bicyclic) bond motifs is 3. The van der Waals surface area contributed by atoms with Gasteiger partial charge in [0.2, 0.25) is 11.8 Å². The molecule has 252 valence electrons. The number of oxazole rings is 2. The summed E-state index contributed by atoms with van der Waals surface area (Å²) in [6.45, 7) is 4.56. The van der Waals surface area contributed by atoms with Crippen LogP contribution < -0.4 is 0 Å². The standard InChI is InChI=1S/C44H54N2O2/c1-3-5-7-9-11-13-15-17-23-33-25-21-29-39-41(33)47-43(45-39)37-31-32-38(36-28-20-19-27-35(36)37)44-46-40-30-22-26-34(42(40)48-44)24-18-16-14-12-10-8-6-4-2/h19-22,25-32H,3-18,23-24H2,1-2H3. The minimum Gasteiger partial charge on any atom is -0.436 e. The minimum atomic E-state index is 0.668. The number of hydrogen-bond donors (Lipinski definition) is 0. The molecule has 0 bridgehead atoms. The van der Waals surface area contributed by atoms with Crippen molar-refractivity contribution in [3.63, 3.8) is 0 Å². The van der Waals surface area contributed by atoms with Crippen LogP contribution in [-0.2, 0) is 12.8 Å². The molecular formula is C44H54N2O2. The maximum absolute atomic E-state index is 6.55. The van der Waals surface area contributed by atoms with E-state index in [4.69, 9.17) is 18.8 Å². The number of unbranched alkanes of at least 4 members (excludes halogenated alkanes) is 14. The van der Waals surface area contributed by atoms with Gasteiger partial charge in [-0.15, -0.1) is 0 Å². The van der Waals surface area contributed by atoms with Crippen molar-refractivity contribution in [2.75, 3.05) is 0 Å². The number of rotatable bonds is 20. The summed E-state index contributed by atoms with van der Waals surface area (Å²) >= 11 is 0. The predicted molar refractivity (Wildman–Crippen MR) is 203 cm³/mol.